The van der Waals surface area contributed by atoms with Crippen LogP contribution in [0.3, 0.4) is 0 Å². The second kappa shape index (κ2) is 8.19. The summed E-state index contributed by atoms with van der Waals surface area (Å²) >= 11 is 0. The van der Waals surface area contributed by atoms with Crippen LogP contribution in [-0.2, 0) is 12.4 Å². The molecule has 11 heteroatoms. The highest BCUT2D eigenvalue weighted by molar-refractivity contribution is 6.13. The van der Waals surface area contributed by atoms with Crippen molar-refractivity contribution in [3.8, 4) is 22.8 Å². The van der Waals surface area contributed by atoms with E-state index in [1.165, 1.54) is 0 Å². The van der Waals surface area contributed by atoms with Gasteiger partial charge in [-0.25, -0.2) is 0 Å². The average Bonchev–Trinajstić information content (AvgIpc) is 2.80. The molecule has 1 heterocycles. The van der Waals surface area contributed by atoms with Gasteiger partial charge in [0.2, 0.25) is 17.0 Å². The highest BCUT2D eigenvalue weighted by atomic mass is 19.4. The lowest BCUT2D eigenvalue weighted by Crippen LogP contribution is -2.19. The van der Waals surface area contributed by atoms with Crippen molar-refractivity contribution in [3.05, 3.63) is 93.1 Å². The Morgan fingerprint density at radius 1 is 0.800 bits per heavy atom. The van der Waals surface area contributed by atoms with E-state index in [0.717, 1.165) is 42.5 Å². The molecule has 0 unspecified atom stereocenters. The van der Waals surface area contributed by atoms with Gasteiger partial charge in [-0.15, -0.1) is 0 Å². The molecule has 0 bridgehead atoms. The van der Waals surface area contributed by atoms with E-state index >= 15 is 0 Å². The third kappa shape index (κ3) is 4.32. The van der Waals surface area contributed by atoms with E-state index in [4.69, 9.17) is 4.42 Å². The monoisotopic (exact) mass is 494 g/mol. The van der Waals surface area contributed by atoms with Crippen LogP contribution in [0.2, 0.25) is 0 Å². The topological polar surface area (TPSA) is 87.7 Å². The lowest BCUT2D eigenvalue weighted by atomic mass is 9.95. The fourth-order valence-corrected chi connectivity index (χ4v) is 3.46. The summed E-state index contributed by atoms with van der Waals surface area (Å²) in [5.41, 5.74) is -5.91. The summed E-state index contributed by atoms with van der Waals surface area (Å²) in [6, 6.07) is 8.41. The predicted octanol–water partition coefficient (Wildman–Crippen LogP) is 6.14. The number of ketones is 1. The Bertz CT molecular complexity index is 1530. The maximum absolute atomic E-state index is 13.3. The molecule has 0 spiro atoms. The Labute approximate surface area is 191 Å². The highest BCUT2D eigenvalue weighted by Crippen LogP contribution is 2.38. The molecule has 180 valence electrons. The zero-order chi connectivity index (χ0) is 25.7. The van der Waals surface area contributed by atoms with Crippen molar-refractivity contribution < 1.29 is 45.8 Å². The molecule has 0 amide bonds. The van der Waals surface area contributed by atoms with Gasteiger partial charge in [0.25, 0.3) is 0 Å². The van der Waals surface area contributed by atoms with Gasteiger partial charge in [0.1, 0.15) is 11.3 Å². The van der Waals surface area contributed by atoms with E-state index in [0.29, 0.717) is 18.2 Å². The van der Waals surface area contributed by atoms with E-state index < -0.39 is 79.6 Å². The number of aromatic hydroxyl groups is 2. The van der Waals surface area contributed by atoms with E-state index in [-0.39, 0.29) is 0 Å². The second-order valence-electron chi connectivity index (χ2n) is 7.43. The van der Waals surface area contributed by atoms with Crippen LogP contribution in [0.15, 0.2) is 69.9 Å². The Morgan fingerprint density at radius 2 is 1.40 bits per heavy atom. The Balaban J connectivity index is 2.05. The van der Waals surface area contributed by atoms with Crippen LogP contribution in [0.4, 0.5) is 26.3 Å². The van der Waals surface area contributed by atoms with Crippen LogP contribution < -0.4 is 5.43 Å². The standard InChI is InChI=1S/C24H12F6O5/c25-23(26,27)13-5-1-3-11(9-13)18(32)17-19(33)15-7-8-16(31)20(34)22(15)35-21(17)12-4-2-6-14(10-12)24(28,29)30/h1-10,31,34H. The van der Waals surface area contributed by atoms with Crippen LogP contribution in [-0.4, -0.2) is 16.0 Å². The summed E-state index contributed by atoms with van der Waals surface area (Å²) in [7, 11) is 0. The van der Waals surface area contributed by atoms with Gasteiger partial charge in [-0.05, 0) is 36.4 Å². The van der Waals surface area contributed by atoms with E-state index in [1.807, 2.05) is 0 Å². The number of carbonyl (C=O) groups excluding carboxylic acids is 1. The number of halogens is 6. The first-order valence-corrected chi connectivity index (χ1v) is 9.70. The number of alkyl halides is 6. The van der Waals surface area contributed by atoms with Crippen LogP contribution in [0.25, 0.3) is 22.3 Å². The Kier molecular flexibility index (Phi) is 5.58. The van der Waals surface area contributed by atoms with Crippen molar-refractivity contribution in [2.45, 2.75) is 12.4 Å². The van der Waals surface area contributed by atoms with Gasteiger partial charge >= 0.3 is 12.4 Å². The third-order valence-corrected chi connectivity index (χ3v) is 5.14. The summed E-state index contributed by atoms with van der Waals surface area (Å²) < 4.78 is 84.7. The van der Waals surface area contributed by atoms with Crippen molar-refractivity contribution >= 4 is 16.8 Å². The summed E-state index contributed by atoms with van der Waals surface area (Å²) in [4.78, 5) is 26.5. The summed E-state index contributed by atoms with van der Waals surface area (Å²) in [6.07, 6.45) is -9.61. The smallest absolute Gasteiger partial charge is 0.416 e. The first-order chi connectivity index (χ1) is 16.3. The quantitative estimate of drug-likeness (QED) is 0.203. The van der Waals surface area contributed by atoms with Gasteiger partial charge in [0.15, 0.2) is 11.3 Å². The molecule has 4 aromatic rings. The highest BCUT2D eigenvalue weighted by Gasteiger charge is 2.33. The zero-order valence-corrected chi connectivity index (χ0v) is 17.2. The van der Waals surface area contributed by atoms with Crippen molar-refractivity contribution in [1.29, 1.82) is 0 Å². The summed E-state index contributed by atoms with van der Waals surface area (Å²) in [5.74, 6) is -3.60. The largest absolute Gasteiger partial charge is 0.504 e. The number of rotatable bonds is 3. The first-order valence-electron chi connectivity index (χ1n) is 9.70. The minimum Gasteiger partial charge on any atom is -0.504 e. The van der Waals surface area contributed by atoms with Gasteiger partial charge in [-0.3, -0.25) is 9.59 Å². The second-order valence-corrected chi connectivity index (χ2v) is 7.43. The SMILES string of the molecule is O=C(c1cccc(C(F)(F)F)c1)c1c(-c2cccc(C(F)(F)F)c2)oc2c(O)c(O)ccc2c1=O. The molecule has 2 N–H and O–H groups in total. The Morgan fingerprint density at radius 3 is 2.03 bits per heavy atom. The predicted molar refractivity (Wildman–Crippen MR) is 111 cm³/mol. The number of benzene rings is 3. The van der Waals surface area contributed by atoms with E-state index in [1.54, 1.807) is 0 Å². The van der Waals surface area contributed by atoms with Gasteiger partial charge in [0, 0.05) is 11.1 Å². The van der Waals surface area contributed by atoms with Crippen molar-refractivity contribution in [2.75, 3.05) is 0 Å². The summed E-state index contributed by atoms with van der Waals surface area (Å²) in [5, 5.41) is 19.5. The van der Waals surface area contributed by atoms with Crippen molar-refractivity contribution in [3.63, 3.8) is 0 Å². The van der Waals surface area contributed by atoms with Crippen LogP contribution in [0.5, 0.6) is 11.5 Å². The van der Waals surface area contributed by atoms with Crippen LogP contribution in [0.1, 0.15) is 27.0 Å². The van der Waals surface area contributed by atoms with E-state index in [9.17, 15) is 46.1 Å². The molecule has 3 aromatic carbocycles. The molecular weight excluding hydrogens is 482 g/mol. The normalized spacial score (nSPS) is 12.2. The number of carbonyl (C=O) groups is 1. The molecular formula is C24H12F6O5. The van der Waals surface area contributed by atoms with Crippen molar-refractivity contribution in [1.82, 2.24) is 0 Å². The number of hydrogen-bond acceptors (Lipinski definition) is 5. The number of phenols is 2. The molecule has 1 aromatic heterocycles. The van der Waals surface area contributed by atoms with Crippen LogP contribution >= 0.6 is 0 Å². The lowest BCUT2D eigenvalue weighted by molar-refractivity contribution is -0.138. The molecule has 4 rings (SSSR count). The molecule has 0 saturated carbocycles. The fourth-order valence-electron chi connectivity index (χ4n) is 3.46. The Hall–Kier alpha value is -4.28. The number of fused-ring (bicyclic) bond motifs is 1. The molecule has 5 nitrogen and oxygen atoms in total. The van der Waals surface area contributed by atoms with Gasteiger partial charge in [-0.2, -0.15) is 26.3 Å². The molecule has 0 aliphatic rings. The molecule has 0 aliphatic heterocycles. The van der Waals surface area contributed by atoms with Gasteiger partial charge < -0.3 is 14.6 Å². The number of hydrogen-bond donors (Lipinski definition) is 2. The average molecular weight is 494 g/mol. The molecule has 0 radical (unpaired) electrons. The van der Waals surface area contributed by atoms with Crippen LogP contribution in [0, 0.1) is 0 Å². The maximum atomic E-state index is 13.3. The maximum Gasteiger partial charge on any atom is 0.416 e. The minimum atomic E-state index is -4.81. The van der Waals surface area contributed by atoms with E-state index in [2.05, 4.69) is 0 Å². The minimum absolute atomic E-state index is 0.406. The van der Waals surface area contributed by atoms with Gasteiger partial charge in [0.05, 0.1) is 16.5 Å². The third-order valence-electron chi connectivity index (χ3n) is 5.14. The molecule has 0 saturated heterocycles. The lowest BCUT2D eigenvalue weighted by Gasteiger charge is -2.13. The fraction of sp³-hybridized carbons (Fsp3) is 0.0833. The molecule has 0 aliphatic carbocycles. The molecule has 0 fully saturated rings. The first kappa shape index (κ1) is 23.9. The summed E-state index contributed by atoms with van der Waals surface area (Å²) in [6.45, 7) is 0. The molecule has 0 atom stereocenters. The molecule has 35 heavy (non-hydrogen) atoms. The zero-order valence-electron chi connectivity index (χ0n) is 17.2. The number of phenolic OH excluding ortho intramolecular Hbond substituents is 2. The van der Waals surface area contributed by atoms with Gasteiger partial charge in [-0.1, -0.05) is 24.3 Å². The van der Waals surface area contributed by atoms with Crippen molar-refractivity contribution in [2.24, 2.45) is 0 Å².